The lowest BCUT2D eigenvalue weighted by Crippen LogP contribution is -2.34. The van der Waals surface area contributed by atoms with Crippen molar-refractivity contribution >= 4 is 40.5 Å². The summed E-state index contributed by atoms with van der Waals surface area (Å²) in [6.45, 7) is 4.49. The van der Waals surface area contributed by atoms with Gasteiger partial charge < -0.3 is 20.1 Å². The van der Waals surface area contributed by atoms with Gasteiger partial charge in [0.15, 0.2) is 5.11 Å². The molecule has 0 aliphatic rings. The fourth-order valence-electron chi connectivity index (χ4n) is 2.63. The number of ether oxygens (including phenoxy) is 2. The lowest BCUT2D eigenvalue weighted by atomic mass is 10.2. The summed E-state index contributed by atoms with van der Waals surface area (Å²) in [5.74, 6) is 0.797. The van der Waals surface area contributed by atoms with Crippen LogP contribution >= 0.6 is 12.2 Å². The van der Waals surface area contributed by atoms with Crippen molar-refractivity contribution < 1.29 is 19.1 Å². The van der Waals surface area contributed by atoms with E-state index >= 15 is 0 Å². The van der Waals surface area contributed by atoms with E-state index in [4.69, 9.17) is 21.7 Å². The first kappa shape index (κ1) is 23.2. The molecule has 7 nitrogen and oxygen atoms in total. The lowest BCUT2D eigenvalue weighted by molar-refractivity contribution is -0.116. The van der Waals surface area contributed by atoms with Crippen LogP contribution in [-0.2, 0) is 4.79 Å². The first-order chi connectivity index (χ1) is 14.5. The Bertz CT molecular complexity index is 884. The first-order valence-electron chi connectivity index (χ1n) is 9.79. The van der Waals surface area contributed by atoms with Crippen LogP contribution in [0.4, 0.5) is 11.4 Å². The molecule has 0 spiro atoms. The van der Waals surface area contributed by atoms with E-state index in [1.54, 1.807) is 42.5 Å². The first-order valence-corrected chi connectivity index (χ1v) is 10.2. The van der Waals surface area contributed by atoms with Gasteiger partial charge in [0.2, 0.25) is 5.91 Å². The van der Waals surface area contributed by atoms with Gasteiger partial charge in [-0.25, -0.2) is 0 Å². The molecule has 0 atom stereocenters. The maximum Gasteiger partial charge on any atom is 0.257 e. The number of hydrogen-bond acceptors (Lipinski definition) is 5. The molecule has 2 aromatic carbocycles. The maximum atomic E-state index is 12.3. The number of hydrogen-bond donors (Lipinski definition) is 3. The van der Waals surface area contributed by atoms with Crippen LogP contribution in [0.25, 0.3) is 0 Å². The summed E-state index contributed by atoms with van der Waals surface area (Å²) in [5, 5.41) is 8.57. The zero-order valence-electron chi connectivity index (χ0n) is 17.4. The van der Waals surface area contributed by atoms with Crippen molar-refractivity contribution in [1.82, 2.24) is 5.32 Å². The lowest BCUT2D eigenvalue weighted by Gasteiger charge is -2.14. The molecule has 0 heterocycles. The molecule has 0 bridgehead atoms. The number of nitrogens with one attached hydrogen (secondary N) is 3. The number of amides is 2. The molecule has 0 radical (unpaired) electrons. The smallest absolute Gasteiger partial charge is 0.257 e. The number of thiocarbonyl (C=S) groups is 1. The van der Waals surface area contributed by atoms with Crippen molar-refractivity contribution in [2.45, 2.75) is 33.1 Å². The number of unbranched alkanes of at least 4 members (excludes halogenated alkanes) is 1. The Balaban J connectivity index is 1.97. The van der Waals surface area contributed by atoms with E-state index in [0.717, 1.165) is 12.8 Å². The highest BCUT2D eigenvalue weighted by Gasteiger charge is 2.11. The van der Waals surface area contributed by atoms with Gasteiger partial charge in [-0.2, -0.15) is 0 Å². The van der Waals surface area contributed by atoms with Crippen LogP contribution in [0.15, 0.2) is 42.5 Å². The SMILES string of the molecule is CCCCC(=O)Nc1ccc(NC(=S)NC(=O)c2ccc(OCC)cc2)cc1OC. The molecule has 0 saturated carbocycles. The van der Waals surface area contributed by atoms with Gasteiger partial charge in [-0.3, -0.25) is 14.9 Å². The van der Waals surface area contributed by atoms with Crippen molar-refractivity contribution in [1.29, 1.82) is 0 Å². The minimum Gasteiger partial charge on any atom is -0.494 e. The third-order valence-corrected chi connectivity index (χ3v) is 4.35. The third-order valence-electron chi connectivity index (χ3n) is 4.15. The number of carbonyl (C=O) groups is 2. The van der Waals surface area contributed by atoms with Gasteiger partial charge in [-0.15, -0.1) is 0 Å². The minimum absolute atomic E-state index is 0.0611. The summed E-state index contributed by atoms with van der Waals surface area (Å²) in [7, 11) is 1.52. The highest BCUT2D eigenvalue weighted by molar-refractivity contribution is 7.80. The van der Waals surface area contributed by atoms with Crippen LogP contribution in [-0.4, -0.2) is 30.6 Å². The second-order valence-corrected chi connectivity index (χ2v) is 6.84. The average Bonchev–Trinajstić information content (AvgIpc) is 2.74. The van der Waals surface area contributed by atoms with Crippen molar-refractivity contribution in [3.63, 3.8) is 0 Å². The van der Waals surface area contributed by atoms with E-state index < -0.39 is 0 Å². The predicted octanol–water partition coefficient (Wildman–Crippen LogP) is 4.35. The van der Waals surface area contributed by atoms with Crippen molar-refractivity contribution in [3.8, 4) is 11.5 Å². The molecular formula is C22H27N3O4S. The predicted molar refractivity (Wildman–Crippen MR) is 122 cm³/mol. The van der Waals surface area contributed by atoms with E-state index in [-0.39, 0.29) is 16.9 Å². The Labute approximate surface area is 182 Å². The fraction of sp³-hybridized carbons (Fsp3) is 0.318. The monoisotopic (exact) mass is 429 g/mol. The molecule has 160 valence electrons. The summed E-state index contributed by atoms with van der Waals surface area (Å²) in [4.78, 5) is 24.3. The van der Waals surface area contributed by atoms with Gasteiger partial charge in [0.1, 0.15) is 11.5 Å². The van der Waals surface area contributed by atoms with Gasteiger partial charge in [-0.1, -0.05) is 13.3 Å². The molecule has 0 fully saturated rings. The highest BCUT2D eigenvalue weighted by atomic mass is 32.1. The highest BCUT2D eigenvalue weighted by Crippen LogP contribution is 2.28. The van der Waals surface area contributed by atoms with Crippen LogP contribution in [0.5, 0.6) is 11.5 Å². The molecule has 0 unspecified atom stereocenters. The molecule has 0 aromatic heterocycles. The van der Waals surface area contributed by atoms with Crippen LogP contribution in [0.3, 0.4) is 0 Å². The molecule has 30 heavy (non-hydrogen) atoms. The Morgan fingerprint density at radius 1 is 1.03 bits per heavy atom. The fourth-order valence-corrected chi connectivity index (χ4v) is 2.84. The van der Waals surface area contributed by atoms with E-state index in [9.17, 15) is 9.59 Å². The minimum atomic E-state index is -0.331. The van der Waals surface area contributed by atoms with Gasteiger partial charge >= 0.3 is 0 Å². The van der Waals surface area contributed by atoms with E-state index in [1.165, 1.54) is 7.11 Å². The Morgan fingerprint density at radius 3 is 2.40 bits per heavy atom. The molecule has 0 aliphatic heterocycles. The van der Waals surface area contributed by atoms with Crippen molar-refractivity contribution in [2.75, 3.05) is 24.4 Å². The Hall–Kier alpha value is -3.13. The molecule has 0 saturated heterocycles. The van der Waals surface area contributed by atoms with Crippen LogP contribution in [0.1, 0.15) is 43.5 Å². The zero-order valence-corrected chi connectivity index (χ0v) is 18.2. The van der Waals surface area contributed by atoms with Crippen LogP contribution in [0, 0.1) is 0 Å². The Morgan fingerprint density at radius 2 is 1.77 bits per heavy atom. The number of anilines is 2. The third kappa shape index (κ3) is 7.04. The summed E-state index contributed by atoms with van der Waals surface area (Å²) >= 11 is 5.23. The quantitative estimate of drug-likeness (QED) is 0.514. The summed E-state index contributed by atoms with van der Waals surface area (Å²) in [6.07, 6.45) is 2.24. The molecular weight excluding hydrogens is 402 g/mol. The summed E-state index contributed by atoms with van der Waals surface area (Å²) < 4.78 is 10.7. The molecule has 2 amide bonds. The largest absolute Gasteiger partial charge is 0.494 e. The second kappa shape index (κ2) is 11.8. The molecule has 0 aliphatic carbocycles. The van der Waals surface area contributed by atoms with E-state index in [1.807, 2.05) is 13.8 Å². The van der Waals surface area contributed by atoms with E-state index in [2.05, 4.69) is 16.0 Å². The molecule has 3 N–H and O–H groups in total. The molecule has 2 rings (SSSR count). The summed E-state index contributed by atoms with van der Waals surface area (Å²) in [5.41, 5.74) is 1.66. The van der Waals surface area contributed by atoms with E-state index in [0.29, 0.717) is 41.5 Å². The standard InChI is InChI=1S/C22H27N3O4S/c1-4-6-7-20(26)24-18-13-10-16(14-19(18)28-3)23-22(30)25-21(27)15-8-11-17(12-9-15)29-5-2/h8-14H,4-7H2,1-3H3,(H,24,26)(H2,23,25,27,30). The number of benzene rings is 2. The van der Waals surface area contributed by atoms with Crippen LogP contribution in [0.2, 0.25) is 0 Å². The van der Waals surface area contributed by atoms with Crippen LogP contribution < -0.4 is 25.4 Å². The number of carbonyl (C=O) groups excluding carboxylic acids is 2. The second-order valence-electron chi connectivity index (χ2n) is 6.43. The average molecular weight is 430 g/mol. The van der Waals surface area contributed by atoms with Gasteiger partial charge in [-0.05, 0) is 62.0 Å². The zero-order chi connectivity index (χ0) is 21.9. The topological polar surface area (TPSA) is 88.7 Å². The van der Waals surface area contributed by atoms with Gasteiger partial charge in [0.25, 0.3) is 5.91 Å². The molecule has 2 aromatic rings. The molecule has 8 heteroatoms. The Kier molecular flexibility index (Phi) is 9.08. The van der Waals surface area contributed by atoms with Crippen molar-refractivity contribution in [3.05, 3.63) is 48.0 Å². The van der Waals surface area contributed by atoms with Crippen molar-refractivity contribution in [2.24, 2.45) is 0 Å². The number of rotatable bonds is 9. The van der Waals surface area contributed by atoms with Gasteiger partial charge in [0.05, 0.1) is 19.4 Å². The van der Waals surface area contributed by atoms with Gasteiger partial charge in [0, 0.05) is 23.7 Å². The number of methoxy groups -OCH3 is 1. The summed E-state index contributed by atoms with van der Waals surface area (Å²) in [6, 6.07) is 12.0. The normalized spacial score (nSPS) is 10.1. The maximum absolute atomic E-state index is 12.3.